The number of esters is 1. The zero-order valence-corrected chi connectivity index (χ0v) is 14.5. The Balaban J connectivity index is 1.73. The van der Waals surface area contributed by atoms with Crippen LogP contribution in [-0.4, -0.2) is 48.4 Å². The van der Waals surface area contributed by atoms with E-state index in [1.54, 1.807) is 36.5 Å². The summed E-state index contributed by atoms with van der Waals surface area (Å²) < 4.78 is 9.93. The minimum absolute atomic E-state index is 0.190. The van der Waals surface area contributed by atoms with E-state index in [2.05, 4.69) is 4.98 Å². The summed E-state index contributed by atoms with van der Waals surface area (Å²) in [5, 5.41) is 0. The van der Waals surface area contributed by atoms with Crippen molar-refractivity contribution >= 4 is 17.8 Å². The number of rotatable bonds is 6. The summed E-state index contributed by atoms with van der Waals surface area (Å²) in [6, 6.07) is 8.48. The molecule has 0 bridgehead atoms. The summed E-state index contributed by atoms with van der Waals surface area (Å²) in [4.78, 5) is 42.0. The van der Waals surface area contributed by atoms with Gasteiger partial charge in [-0.25, -0.2) is 9.78 Å². The number of imide groups is 1. The molecule has 26 heavy (non-hydrogen) atoms. The van der Waals surface area contributed by atoms with Crippen LogP contribution in [0, 0.1) is 0 Å². The molecule has 7 nitrogen and oxygen atoms in total. The molecule has 1 aliphatic heterocycles. The van der Waals surface area contributed by atoms with Gasteiger partial charge in [0.15, 0.2) is 0 Å². The minimum Gasteiger partial charge on any atom is -0.480 e. The first-order chi connectivity index (χ1) is 12.6. The van der Waals surface area contributed by atoms with Crippen LogP contribution in [0.4, 0.5) is 0 Å². The number of aromatic nitrogens is 1. The van der Waals surface area contributed by atoms with E-state index in [4.69, 9.17) is 9.47 Å². The Labute approximate surface area is 150 Å². The fraction of sp³-hybridized carbons (Fsp3) is 0.263. The van der Waals surface area contributed by atoms with Gasteiger partial charge in [0.05, 0.1) is 25.3 Å². The van der Waals surface area contributed by atoms with E-state index >= 15 is 0 Å². The smallest absolute Gasteiger partial charge is 0.343 e. The van der Waals surface area contributed by atoms with Gasteiger partial charge in [0.2, 0.25) is 5.88 Å². The number of ether oxygens (including phenoxy) is 2. The van der Waals surface area contributed by atoms with Crippen molar-refractivity contribution in [2.75, 3.05) is 20.8 Å². The van der Waals surface area contributed by atoms with Gasteiger partial charge in [-0.3, -0.25) is 14.5 Å². The Morgan fingerprint density at radius 3 is 2.31 bits per heavy atom. The molecule has 0 fully saturated rings. The zero-order valence-electron chi connectivity index (χ0n) is 14.5. The van der Waals surface area contributed by atoms with E-state index in [9.17, 15) is 14.4 Å². The number of carbonyl (C=O) groups is 3. The number of nitrogens with zero attached hydrogens (tertiary/aromatic N) is 2. The van der Waals surface area contributed by atoms with Crippen molar-refractivity contribution in [2.24, 2.45) is 0 Å². The maximum Gasteiger partial charge on any atom is 0.343 e. The van der Waals surface area contributed by atoms with Gasteiger partial charge in [0, 0.05) is 12.7 Å². The van der Waals surface area contributed by atoms with Gasteiger partial charge < -0.3 is 9.47 Å². The lowest BCUT2D eigenvalue weighted by Gasteiger charge is -2.15. The van der Waals surface area contributed by atoms with Crippen LogP contribution >= 0.6 is 0 Å². The van der Waals surface area contributed by atoms with E-state index in [0.717, 1.165) is 0 Å². The predicted octanol–water partition coefficient (Wildman–Crippen LogP) is 2.11. The van der Waals surface area contributed by atoms with Gasteiger partial charge in [-0.1, -0.05) is 12.1 Å². The molecule has 1 aromatic carbocycles. The van der Waals surface area contributed by atoms with Crippen molar-refractivity contribution in [1.29, 1.82) is 0 Å². The Kier molecular flexibility index (Phi) is 4.97. The summed E-state index contributed by atoms with van der Waals surface area (Å²) in [7, 11) is 2.72. The third-order valence-corrected chi connectivity index (χ3v) is 4.29. The largest absolute Gasteiger partial charge is 0.480 e. The van der Waals surface area contributed by atoms with Crippen molar-refractivity contribution in [3.8, 4) is 5.88 Å². The first kappa shape index (κ1) is 17.6. The second kappa shape index (κ2) is 7.35. The predicted molar refractivity (Wildman–Crippen MR) is 92.3 cm³/mol. The SMILES string of the molecule is COC(=O)c1c(CCCN2C(=O)c3ccccc3C2=O)ccnc1OC. The molecule has 0 radical (unpaired) electrons. The highest BCUT2D eigenvalue weighted by Crippen LogP contribution is 2.24. The number of fused-ring (bicyclic) bond motifs is 1. The average Bonchev–Trinajstić information content (AvgIpc) is 2.92. The third-order valence-electron chi connectivity index (χ3n) is 4.29. The van der Waals surface area contributed by atoms with Crippen molar-refractivity contribution in [3.05, 3.63) is 58.8 Å². The monoisotopic (exact) mass is 354 g/mol. The average molecular weight is 354 g/mol. The van der Waals surface area contributed by atoms with Crippen molar-refractivity contribution in [2.45, 2.75) is 12.8 Å². The number of carbonyl (C=O) groups excluding carboxylic acids is 3. The summed E-state index contributed by atoms with van der Waals surface area (Å²) in [5.74, 6) is -0.919. The lowest BCUT2D eigenvalue weighted by molar-refractivity contribution is 0.0590. The Morgan fingerprint density at radius 2 is 1.73 bits per heavy atom. The van der Waals surface area contributed by atoms with Gasteiger partial charge in [-0.15, -0.1) is 0 Å². The lowest BCUT2D eigenvalue weighted by atomic mass is 10.0. The van der Waals surface area contributed by atoms with E-state index in [-0.39, 0.29) is 29.8 Å². The highest BCUT2D eigenvalue weighted by atomic mass is 16.5. The number of benzene rings is 1. The summed E-state index contributed by atoms with van der Waals surface area (Å²) in [5.41, 5.74) is 1.82. The second-order valence-electron chi connectivity index (χ2n) is 5.76. The topological polar surface area (TPSA) is 85.8 Å². The molecule has 0 N–H and O–H groups in total. The van der Waals surface area contributed by atoms with Crippen LogP contribution in [0.1, 0.15) is 43.1 Å². The molecule has 2 aromatic rings. The van der Waals surface area contributed by atoms with Gasteiger partial charge >= 0.3 is 5.97 Å². The maximum atomic E-state index is 12.4. The van der Waals surface area contributed by atoms with E-state index in [1.165, 1.54) is 19.1 Å². The van der Waals surface area contributed by atoms with E-state index in [0.29, 0.717) is 29.5 Å². The van der Waals surface area contributed by atoms with Crippen LogP contribution in [-0.2, 0) is 11.2 Å². The molecule has 3 rings (SSSR count). The molecule has 2 heterocycles. The fourth-order valence-corrected chi connectivity index (χ4v) is 3.03. The molecule has 0 spiro atoms. The minimum atomic E-state index is -0.536. The molecule has 0 saturated heterocycles. The molecule has 7 heteroatoms. The molecule has 134 valence electrons. The van der Waals surface area contributed by atoms with E-state index < -0.39 is 5.97 Å². The molecule has 0 atom stereocenters. The van der Waals surface area contributed by atoms with Crippen LogP contribution in [0.15, 0.2) is 36.5 Å². The Morgan fingerprint density at radius 1 is 1.08 bits per heavy atom. The fourth-order valence-electron chi connectivity index (χ4n) is 3.03. The molecular weight excluding hydrogens is 336 g/mol. The van der Waals surface area contributed by atoms with E-state index in [1.807, 2.05) is 0 Å². The molecule has 1 aliphatic rings. The lowest BCUT2D eigenvalue weighted by Crippen LogP contribution is -2.31. The number of hydrogen-bond acceptors (Lipinski definition) is 6. The van der Waals surface area contributed by atoms with Crippen LogP contribution in [0.5, 0.6) is 5.88 Å². The van der Waals surface area contributed by atoms with Gasteiger partial charge in [-0.2, -0.15) is 0 Å². The van der Waals surface area contributed by atoms with Crippen LogP contribution < -0.4 is 4.74 Å². The Hall–Kier alpha value is -3.22. The highest BCUT2D eigenvalue weighted by Gasteiger charge is 2.34. The summed E-state index contributed by atoms with van der Waals surface area (Å²) in [6.07, 6.45) is 2.52. The number of hydrogen-bond donors (Lipinski definition) is 0. The standard InChI is InChI=1S/C19H18N2O5/c1-25-16-15(19(24)26-2)12(9-10-20-16)6-5-11-21-17(22)13-7-3-4-8-14(13)18(21)23/h3-4,7-10H,5-6,11H2,1-2H3. The number of aryl methyl sites for hydroxylation is 1. The zero-order chi connectivity index (χ0) is 18.7. The maximum absolute atomic E-state index is 12.4. The van der Waals surface area contributed by atoms with Crippen molar-refractivity contribution in [3.63, 3.8) is 0 Å². The van der Waals surface area contributed by atoms with Gasteiger partial charge in [0.25, 0.3) is 11.8 Å². The first-order valence-electron chi connectivity index (χ1n) is 8.14. The molecular formula is C19H18N2O5. The Bertz CT molecular complexity index is 843. The highest BCUT2D eigenvalue weighted by molar-refractivity contribution is 6.21. The second-order valence-corrected chi connectivity index (χ2v) is 5.76. The van der Waals surface area contributed by atoms with Gasteiger partial charge in [0.1, 0.15) is 5.56 Å². The van der Waals surface area contributed by atoms with Crippen LogP contribution in [0.3, 0.4) is 0 Å². The number of pyridine rings is 1. The quantitative estimate of drug-likeness (QED) is 0.583. The molecule has 0 saturated carbocycles. The number of amides is 2. The number of methoxy groups -OCH3 is 2. The van der Waals surface area contributed by atoms with Crippen molar-refractivity contribution < 1.29 is 23.9 Å². The molecule has 2 amide bonds. The van der Waals surface area contributed by atoms with Crippen molar-refractivity contribution in [1.82, 2.24) is 9.88 Å². The van der Waals surface area contributed by atoms with Crippen LogP contribution in [0.25, 0.3) is 0 Å². The molecule has 0 aliphatic carbocycles. The summed E-state index contributed by atoms with van der Waals surface area (Å²) >= 11 is 0. The molecule has 0 unspecified atom stereocenters. The summed E-state index contributed by atoms with van der Waals surface area (Å²) in [6.45, 7) is 0.262. The normalized spacial score (nSPS) is 12.9. The third kappa shape index (κ3) is 3.03. The van der Waals surface area contributed by atoms with Crippen LogP contribution in [0.2, 0.25) is 0 Å². The van der Waals surface area contributed by atoms with Gasteiger partial charge in [-0.05, 0) is 36.6 Å². The molecule has 1 aromatic heterocycles. The first-order valence-corrected chi connectivity index (χ1v) is 8.14.